The number of unbranched alkanes of at least 4 members (excludes halogenated alkanes) is 15. The van der Waals surface area contributed by atoms with E-state index in [1.165, 1.54) is 144 Å². The second-order valence-electron chi connectivity index (χ2n) is 16.5. The molecule has 1 aromatic heterocycles. The van der Waals surface area contributed by atoms with Crippen LogP contribution < -0.4 is 25.2 Å². The van der Waals surface area contributed by atoms with E-state index in [0.29, 0.717) is 18.4 Å². The molecule has 5 atom stereocenters. The first kappa shape index (κ1) is 56.6. The largest absolute Gasteiger partial charge is 0.539 e. The van der Waals surface area contributed by atoms with Crippen LogP contribution in [0, 0.1) is 6.92 Å². The highest BCUT2D eigenvalue weighted by molar-refractivity contribution is 7.67. The predicted octanol–water partition coefficient (Wildman–Crippen LogP) is 11.2. The minimum Gasteiger partial charge on any atom is -0.427 e. The van der Waals surface area contributed by atoms with E-state index in [1.807, 2.05) is 6.92 Å². The van der Waals surface area contributed by atoms with Crippen LogP contribution in [0.4, 0.5) is 0 Å². The molecule has 0 radical (unpaired) electrons. The first-order chi connectivity index (χ1) is 32.5. The standard InChI is InChI=1S/C46H67N2O17P3/c1-4-6-8-9-10-11-12-13-14-15-16-17-18-19-20-22-44(50)62-39-27-29-40(30-28-39)63-68(57,59-34-37-23-25-38(26-24-37)61-43(49)21-7-5-2)65-67(55,56)64-66(53,54)58-35-41-31-32-42(60-41)48-33-36(3)45(51)47-46(48)52/h23-33,41-42H,4-22,34-35H2,1-3H3,(H,53,54)(H,55,56)(H,47,51,52)/t41-,42+,68?/m0/s1. The highest BCUT2D eigenvalue weighted by Gasteiger charge is 2.45. The molecular weight excluding hydrogens is 945 g/mol. The van der Waals surface area contributed by atoms with Crippen LogP contribution in [-0.2, 0) is 52.3 Å². The van der Waals surface area contributed by atoms with Crippen LogP contribution in [0.15, 0.2) is 76.5 Å². The van der Waals surface area contributed by atoms with E-state index in [0.717, 1.165) is 30.3 Å². The predicted molar refractivity (Wildman–Crippen MR) is 253 cm³/mol. The zero-order valence-corrected chi connectivity index (χ0v) is 41.8. The fraction of sp³-hybridized carbons (Fsp3) is 0.565. The summed E-state index contributed by atoms with van der Waals surface area (Å²) in [5, 5.41) is 0. The van der Waals surface area contributed by atoms with Crippen LogP contribution >= 0.6 is 23.5 Å². The van der Waals surface area contributed by atoms with Gasteiger partial charge in [0, 0.05) is 24.6 Å². The van der Waals surface area contributed by atoms with E-state index < -0.39 is 72.2 Å². The number of carbonyl (C=O) groups is 2. The lowest BCUT2D eigenvalue weighted by Gasteiger charge is -2.22. The van der Waals surface area contributed by atoms with Crippen molar-refractivity contribution in [3.05, 3.63) is 98.8 Å². The summed E-state index contributed by atoms with van der Waals surface area (Å²) >= 11 is 0. The molecule has 3 aromatic rings. The lowest BCUT2D eigenvalue weighted by molar-refractivity contribution is -0.135. The van der Waals surface area contributed by atoms with Crippen molar-refractivity contribution in [2.75, 3.05) is 6.61 Å². The topological polar surface area (TPSA) is 255 Å². The molecule has 4 rings (SSSR count). The number of nitrogens with zero attached hydrogens (tertiary/aromatic N) is 1. The number of aromatic amines is 1. The smallest absolute Gasteiger partial charge is 0.427 e. The Hall–Kier alpha value is -3.99. The monoisotopic (exact) mass is 1010 g/mol. The van der Waals surface area contributed by atoms with Crippen LogP contribution in [0.5, 0.6) is 17.2 Å². The summed E-state index contributed by atoms with van der Waals surface area (Å²) in [6.07, 6.45) is 21.9. The summed E-state index contributed by atoms with van der Waals surface area (Å²) in [6.45, 7) is 4.34. The van der Waals surface area contributed by atoms with Crippen molar-refractivity contribution in [1.29, 1.82) is 0 Å². The molecule has 2 aromatic carbocycles. The Kier molecular flexibility index (Phi) is 24.3. The van der Waals surface area contributed by atoms with Crippen molar-refractivity contribution in [2.45, 2.75) is 162 Å². The number of phosphoric ester groups is 2. The molecule has 2 heterocycles. The Balaban J connectivity index is 1.29. The zero-order valence-electron chi connectivity index (χ0n) is 39.2. The summed E-state index contributed by atoms with van der Waals surface area (Å²) in [6, 6.07) is 10.9. The lowest BCUT2D eigenvalue weighted by atomic mass is 10.0. The Morgan fingerprint density at radius 1 is 0.647 bits per heavy atom. The molecule has 1 aliphatic rings. The number of rotatable bonds is 34. The molecule has 0 saturated heterocycles. The van der Waals surface area contributed by atoms with Gasteiger partial charge in [0.05, 0.1) is 13.2 Å². The van der Waals surface area contributed by atoms with Crippen molar-refractivity contribution in [1.82, 2.24) is 9.55 Å². The van der Waals surface area contributed by atoms with Gasteiger partial charge in [-0.3, -0.25) is 33.0 Å². The summed E-state index contributed by atoms with van der Waals surface area (Å²) in [4.78, 5) is 71.7. The molecule has 19 nitrogen and oxygen atoms in total. The van der Waals surface area contributed by atoms with Crippen molar-refractivity contribution in [3.8, 4) is 17.2 Å². The fourth-order valence-corrected chi connectivity index (χ4v) is 10.9. The van der Waals surface area contributed by atoms with E-state index in [1.54, 1.807) is 0 Å². The van der Waals surface area contributed by atoms with Gasteiger partial charge in [-0.15, -0.1) is 0 Å². The highest BCUT2D eigenvalue weighted by atomic mass is 31.3. The first-order valence-corrected chi connectivity index (χ1v) is 27.9. The zero-order chi connectivity index (χ0) is 49.4. The Bertz CT molecular complexity index is 2320. The summed E-state index contributed by atoms with van der Waals surface area (Å²) in [7, 11) is -16.6. The SMILES string of the molecule is CCCCCCCCCCCCCCCCCC(=O)Oc1ccc(OP(=O)(OCc2ccc(OC(=O)CCCC)cc2)OP(=O)(O)OP(=O)(O)OC[C@@H]2C=C[C@H](n3cc(C)c(=O)[nH]c3=O)O2)cc1. The van der Waals surface area contributed by atoms with Crippen LogP contribution in [0.3, 0.4) is 0 Å². The first-order valence-electron chi connectivity index (χ1n) is 23.4. The van der Waals surface area contributed by atoms with E-state index in [2.05, 4.69) is 16.2 Å². The minimum atomic E-state index is -5.84. The number of esters is 2. The molecular formula is C46H67N2O17P3. The number of ether oxygens (including phenoxy) is 3. The molecule has 0 fully saturated rings. The number of hydrogen-bond donors (Lipinski definition) is 3. The van der Waals surface area contributed by atoms with Gasteiger partial charge >= 0.3 is 41.1 Å². The molecule has 22 heteroatoms. The molecule has 0 saturated carbocycles. The van der Waals surface area contributed by atoms with Gasteiger partial charge in [-0.1, -0.05) is 128 Å². The van der Waals surface area contributed by atoms with Crippen LogP contribution in [0.2, 0.25) is 0 Å². The molecule has 68 heavy (non-hydrogen) atoms. The number of aryl methyl sites for hydroxylation is 1. The quantitative estimate of drug-likeness (QED) is 0.0165. The Morgan fingerprint density at radius 3 is 1.71 bits per heavy atom. The van der Waals surface area contributed by atoms with Gasteiger partial charge in [0.25, 0.3) is 5.56 Å². The van der Waals surface area contributed by atoms with Crippen molar-refractivity contribution in [2.24, 2.45) is 0 Å². The minimum absolute atomic E-state index is 0.137. The van der Waals surface area contributed by atoms with Gasteiger partial charge < -0.3 is 28.5 Å². The number of H-pyrrole nitrogens is 1. The maximum Gasteiger partial charge on any atom is 0.539 e. The number of hydrogen-bond acceptors (Lipinski definition) is 15. The fourth-order valence-electron chi connectivity index (χ4n) is 6.88. The van der Waals surface area contributed by atoms with E-state index in [9.17, 15) is 42.7 Å². The third-order valence-electron chi connectivity index (χ3n) is 10.6. The van der Waals surface area contributed by atoms with Crippen molar-refractivity contribution < 1.29 is 69.5 Å². The number of aromatic nitrogens is 2. The van der Waals surface area contributed by atoms with Gasteiger partial charge in [0.2, 0.25) is 0 Å². The molecule has 1 aliphatic heterocycles. The van der Waals surface area contributed by atoms with E-state index in [-0.39, 0.29) is 35.7 Å². The van der Waals surface area contributed by atoms with Crippen LogP contribution in [0.1, 0.15) is 153 Å². The molecule has 0 aliphatic carbocycles. The molecule has 0 spiro atoms. The maximum atomic E-state index is 14.0. The molecule has 378 valence electrons. The summed E-state index contributed by atoms with van der Waals surface area (Å²) < 4.78 is 82.4. The summed E-state index contributed by atoms with van der Waals surface area (Å²) in [5.74, 6) is -0.761. The summed E-state index contributed by atoms with van der Waals surface area (Å²) in [5.41, 5.74) is -0.833. The van der Waals surface area contributed by atoms with Gasteiger partial charge in [-0.05, 0) is 67.8 Å². The molecule has 0 amide bonds. The number of benzene rings is 2. The third kappa shape index (κ3) is 21.8. The third-order valence-corrected chi connectivity index (χ3v) is 15.2. The second kappa shape index (κ2) is 29.3. The number of carbonyl (C=O) groups excluding carboxylic acids is 2. The maximum absolute atomic E-state index is 14.0. The number of nitrogens with one attached hydrogen (secondary N) is 1. The average molecular weight is 1010 g/mol. The Labute approximate surface area is 397 Å². The molecule has 3 unspecified atom stereocenters. The normalized spacial score (nSPS) is 17.2. The van der Waals surface area contributed by atoms with Gasteiger partial charge in [0.1, 0.15) is 23.4 Å². The van der Waals surface area contributed by atoms with Crippen LogP contribution in [0.25, 0.3) is 0 Å². The van der Waals surface area contributed by atoms with E-state index >= 15 is 0 Å². The van der Waals surface area contributed by atoms with Gasteiger partial charge in [0.15, 0.2) is 6.23 Å². The molecule has 0 bridgehead atoms. The average Bonchev–Trinajstić information content (AvgIpc) is 3.76. The molecule has 3 N–H and O–H groups in total. The Morgan fingerprint density at radius 2 is 1.15 bits per heavy atom. The van der Waals surface area contributed by atoms with Crippen molar-refractivity contribution >= 4 is 35.4 Å². The highest BCUT2D eigenvalue weighted by Crippen LogP contribution is 2.69. The van der Waals surface area contributed by atoms with Gasteiger partial charge in [-0.2, -0.15) is 8.62 Å². The van der Waals surface area contributed by atoms with Gasteiger partial charge in [-0.25, -0.2) is 18.5 Å². The van der Waals surface area contributed by atoms with Crippen LogP contribution in [-0.4, -0.2) is 44.0 Å². The second-order valence-corrected chi connectivity index (χ2v) is 21.3. The lowest BCUT2D eigenvalue weighted by Crippen LogP contribution is -2.33. The van der Waals surface area contributed by atoms with Crippen molar-refractivity contribution in [3.63, 3.8) is 0 Å². The number of phosphoric acid groups is 3. The van der Waals surface area contributed by atoms with E-state index in [4.69, 9.17) is 32.1 Å².